The first-order chi connectivity index (χ1) is 20.2. The molecule has 10 atom stereocenters. The fourth-order valence-corrected chi connectivity index (χ4v) is 5.13. The topological polar surface area (TPSA) is 216 Å². The second kappa shape index (κ2) is 15.5. The largest absolute Gasteiger partial charge is 0.387 e. The predicted octanol–water partition coefficient (Wildman–Crippen LogP) is -0.654. The third kappa shape index (κ3) is 8.23. The van der Waals surface area contributed by atoms with E-state index in [2.05, 4.69) is 10.6 Å². The van der Waals surface area contributed by atoms with Crippen molar-refractivity contribution in [3.05, 3.63) is 24.3 Å². The van der Waals surface area contributed by atoms with Gasteiger partial charge in [-0.1, -0.05) is 38.5 Å². The van der Waals surface area contributed by atoms with Crippen LogP contribution in [-0.4, -0.2) is 117 Å². The number of rotatable bonds is 0. The summed E-state index contributed by atoms with van der Waals surface area (Å²) in [7, 11) is 0. The predicted molar refractivity (Wildman–Crippen MR) is 146 cm³/mol. The normalized spacial score (nSPS) is 38.3. The Hall–Kier alpha value is -2.24. The van der Waals surface area contributed by atoms with Crippen molar-refractivity contribution in [3.63, 3.8) is 0 Å². The van der Waals surface area contributed by atoms with Crippen LogP contribution in [0.5, 0.6) is 0 Å². The molecule has 2 fully saturated rings. The van der Waals surface area contributed by atoms with Gasteiger partial charge in [-0.15, -0.1) is 0 Å². The van der Waals surface area contributed by atoms with E-state index in [9.17, 15) is 40.2 Å². The molecule has 0 radical (unpaired) electrons. The van der Waals surface area contributed by atoms with E-state index in [1.54, 1.807) is 0 Å². The van der Waals surface area contributed by atoms with Gasteiger partial charge in [0.1, 0.15) is 36.6 Å². The highest BCUT2D eigenvalue weighted by molar-refractivity contribution is 5.96. The Balaban J connectivity index is 1.45. The molecule has 14 nitrogen and oxygen atoms in total. The Morgan fingerprint density at radius 2 is 0.833 bits per heavy atom. The molecule has 0 saturated carbocycles. The molecule has 14 heteroatoms. The first kappa shape index (κ1) is 32.7. The summed E-state index contributed by atoms with van der Waals surface area (Å²) < 4.78 is 22.3. The lowest BCUT2D eigenvalue weighted by Gasteiger charge is -2.39. The van der Waals surface area contributed by atoms with E-state index in [0.29, 0.717) is 12.8 Å². The Kier molecular flexibility index (Phi) is 12.0. The lowest BCUT2D eigenvalue weighted by molar-refractivity contribution is -0.289. The van der Waals surface area contributed by atoms with Gasteiger partial charge in [0.2, 0.25) is 0 Å². The van der Waals surface area contributed by atoms with Crippen LogP contribution in [0.25, 0.3) is 0 Å². The number of anilines is 2. The Morgan fingerprint density at radius 3 is 1.19 bits per heavy atom. The van der Waals surface area contributed by atoms with Crippen molar-refractivity contribution in [2.45, 2.75) is 113 Å². The van der Waals surface area contributed by atoms with Crippen molar-refractivity contribution in [3.8, 4) is 0 Å². The summed E-state index contributed by atoms with van der Waals surface area (Å²) in [5, 5.41) is 67.1. The summed E-state index contributed by atoms with van der Waals surface area (Å²) in [5.41, 5.74) is 0.545. The maximum atomic E-state index is 12.9. The van der Waals surface area contributed by atoms with Crippen molar-refractivity contribution < 1.29 is 59.2 Å². The molecule has 0 unspecified atom stereocenters. The van der Waals surface area contributed by atoms with Gasteiger partial charge in [0.15, 0.2) is 24.8 Å². The number of fused-ring (bicyclic) bond motifs is 15. The molecule has 0 spiro atoms. The maximum absolute atomic E-state index is 12.9. The average Bonchev–Trinajstić information content (AvgIpc) is 2.97. The Labute approximate surface area is 243 Å². The van der Waals surface area contributed by atoms with Crippen LogP contribution in [0.15, 0.2) is 24.3 Å². The van der Waals surface area contributed by atoms with Crippen molar-refractivity contribution >= 4 is 23.2 Å². The average molecular weight is 599 g/mol. The van der Waals surface area contributed by atoms with E-state index in [1.165, 1.54) is 24.3 Å². The van der Waals surface area contributed by atoms with E-state index >= 15 is 0 Å². The lowest BCUT2D eigenvalue weighted by Crippen LogP contribution is -2.61. The third-order valence-corrected chi connectivity index (χ3v) is 7.68. The minimum Gasteiger partial charge on any atom is -0.387 e. The fourth-order valence-electron chi connectivity index (χ4n) is 5.13. The number of aliphatic hydroxyl groups excluding tert-OH is 6. The quantitative estimate of drug-likeness (QED) is 0.187. The summed E-state index contributed by atoms with van der Waals surface area (Å²) in [5.74, 6) is -1.56. The van der Waals surface area contributed by atoms with E-state index in [1.807, 2.05) is 0 Å². The molecule has 236 valence electrons. The lowest BCUT2D eigenvalue weighted by atomic mass is 9.98. The molecule has 42 heavy (non-hydrogen) atoms. The molecule has 1 aromatic carbocycles. The van der Waals surface area contributed by atoms with E-state index in [4.69, 9.17) is 18.9 Å². The van der Waals surface area contributed by atoms with Gasteiger partial charge in [-0.05, 0) is 37.1 Å². The summed E-state index contributed by atoms with van der Waals surface area (Å²) >= 11 is 0. The number of amides is 2. The fraction of sp³-hybridized carbons (Fsp3) is 0.714. The van der Waals surface area contributed by atoms with Crippen molar-refractivity contribution in [1.82, 2.24) is 0 Å². The summed E-state index contributed by atoms with van der Waals surface area (Å²) in [6.07, 6.45) is -8.38. The third-order valence-electron chi connectivity index (χ3n) is 7.68. The van der Waals surface area contributed by atoms with Gasteiger partial charge in [0, 0.05) is 24.6 Å². The SMILES string of the molecule is O=C1Nc2ccc(cc2)NC(=O)[C@H]2O[C@H](OCCCCCCCCCCO[C@H]3O[C@H]1[C@@H](O)[C@H](O)[C@H]3O)[C@H](O)[C@@H](O)[C@@H]2O. The van der Waals surface area contributed by atoms with Crippen LogP contribution in [-0.2, 0) is 28.5 Å². The number of nitrogens with one attached hydrogen (secondary N) is 2. The van der Waals surface area contributed by atoms with Crippen LogP contribution in [0.2, 0.25) is 0 Å². The zero-order chi connectivity index (χ0) is 30.2. The van der Waals surface area contributed by atoms with Gasteiger partial charge < -0.3 is 60.2 Å². The molecule has 4 heterocycles. The van der Waals surface area contributed by atoms with Crippen LogP contribution in [0.3, 0.4) is 0 Å². The first-order valence-electron chi connectivity index (χ1n) is 14.5. The summed E-state index contributed by atoms with van der Waals surface area (Å²) in [4.78, 5) is 25.8. The van der Waals surface area contributed by atoms with E-state index in [-0.39, 0.29) is 24.6 Å². The standard InChI is InChI=1S/C28H42N2O12/c31-17-19(33)23-25(37)29-15-9-11-16(12-10-15)30-26(38)24-20(34)18(32)22(36)28(42-24)40-14-8-6-4-2-1-3-5-7-13-39-27(41-23)21(17)35/h9-12,17-24,27-28,31-36H,1-8,13-14H2,(H,29,37)(H,30,38)/t17-,18-,19-,20-,21+,22+,23-,24-,27-,28-/m0/s1. The van der Waals surface area contributed by atoms with Crippen molar-refractivity contribution in [2.24, 2.45) is 0 Å². The molecular formula is C28H42N2O12. The molecule has 2 saturated heterocycles. The number of hydrogen-bond donors (Lipinski definition) is 8. The zero-order valence-corrected chi connectivity index (χ0v) is 23.3. The highest BCUT2D eigenvalue weighted by atomic mass is 16.7. The van der Waals surface area contributed by atoms with Gasteiger partial charge in [0.05, 0.1) is 0 Å². The van der Waals surface area contributed by atoms with Crippen LogP contribution in [0, 0.1) is 0 Å². The molecule has 0 aliphatic carbocycles. The molecule has 4 aliphatic heterocycles. The smallest absolute Gasteiger partial charge is 0.256 e. The summed E-state index contributed by atoms with van der Waals surface area (Å²) in [6, 6.07) is 5.81. The molecule has 2 amide bonds. The number of benzene rings is 1. The molecule has 0 aromatic heterocycles. The molecule has 4 aliphatic rings. The minimum atomic E-state index is -1.70. The molecular weight excluding hydrogens is 556 g/mol. The number of hydrogen-bond acceptors (Lipinski definition) is 12. The highest BCUT2D eigenvalue weighted by Gasteiger charge is 2.48. The van der Waals surface area contributed by atoms with Crippen molar-refractivity contribution in [2.75, 3.05) is 23.8 Å². The van der Waals surface area contributed by atoms with Crippen LogP contribution in [0.1, 0.15) is 51.4 Å². The van der Waals surface area contributed by atoms with Gasteiger partial charge in [0.25, 0.3) is 11.8 Å². The van der Waals surface area contributed by atoms with Gasteiger partial charge in [-0.3, -0.25) is 9.59 Å². The molecule has 6 bridgehead atoms. The number of carbonyl (C=O) groups is 2. The monoisotopic (exact) mass is 598 g/mol. The number of aliphatic hydroxyl groups is 6. The van der Waals surface area contributed by atoms with Crippen LogP contribution < -0.4 is 10.6 Å². The zero-order valence-electron chi connectivity index (χ0n) is 23.3. The van der Waals surface area contributed by atoms with Crippen molar-refractivity contribution in [1.29, 1.82) is 0 Å². The minimum absolute atomic E-state index is 0.241. The number of ether oxygens (including phenoxy) is 4. The highest BCUT2D eigenvalue weighted by Crippen LogP contribution is 2.26. The molecule has 1 aromatic rings. The van der Waals surface area contributed by atoms with Gasteiger partial charge in [-0.25, -0.2) is 0 Å². The first-order valence-corrected chi connectivity index (χ1v) is 14.5. The summed E-state index contributed by atoms with van der Waals surface area (Å²) in [6.45, 7) is 0.482. The van der Waals surface area contributed by atoms with Crippen LogP contribution in [0.4, 0.5) is 11.4 Å². The molecule has 8 N–H and O–H groups in total. The molecule has 5 rings (SSSR count). The van der Waals surface area contributed by atoms with E-state index < -0.39 is 73.2 Å². The van der Waals surface area contributed by atoms with E-state index in [0.717, 1.165) is 38.5 Å². The second-order valence-corrected chi connectivity index (χ2v) is 10.9. The van der Waals surface area contributed by atoms with Gasteiger partial charge in [-0.2, -0.15) is 0 Å². The Bertz CT molecular complexity index is 934. The maximum Gasteiger partial charge on any atom is 0.256 e. The van der Waals surface area contributed by atoms with Crippen LogP contribution >= 0.6 is 0 Å². The number of carbonyl (C=O) groups excluding carboxylic acids is 2. The second-order valence-electron chi connectivity index (χ2n) is 10.9. The Morgan fingerprint density at radius 1 is 0.500 bits per heavy atom. The van der Waals surface area contributed by atoms with Gasteiger partial charge >= 0.3 is 0 Å².